The molecule has 10 heteroatoms. The van der Waals surface area contributed by atoms with Crippen LogP contribution in [0.15, 0.2) is 71.5 Å². The summed E-state index contributed by atoms with van der Waals surface area (Å²) in [5.41, 5.74) is 0.400. The van der Waals surface area contributed by atoms with E-state index in [2.05, 4.69) is 16.9 Å². The quantitative estimate of drug-likeness (QED) is 0.292. The van der Waals surface area contributed by atoms with Crippen LogP contribution in [0.25, 0.3) is 0 Å². The van der Waals surface area contributed by atoms with E-state index >= 15 is 0 Å². The summed E-state index contributed by atoms with van der Waals surface area (Å²) in [4.78, 5) is 32.7. The van der Waals surface area contributed by atoms with Gasteiger partial charge >= 0.3 is 0 Å². The van der Waals surface area contributed by atoms with Crippen LogP contribution in [0, 0.1) is 20.2 Å². The molecule has 0 aromatic heterocycles. The summed E-state index contributed by atoms with van der Waals surface area (Å²) in [6.07, 6.45) is 2.13. The van der Waals surface area contributed by atoms with Gasteiger partial charge in [-0.15, -0.1) is 11.7 Å². The van der Waals surface area contributed by atoms with Crippen molar-refractivity contribution in [1.82, 2.24) is 0 Å². The Bertz CT molecular complexity index is 878. The monoisotopic (exact) mass is 369 g/mol. The molecule has 0 aliphatic rings. The number of hydrogen-bond donors (Lipinski definition) is 0. The van der Waals surface area contributed by atoms with E-state index in [1.165, 1.54) is 48.5 Å². The zero-order valence-electron chi connectivity index (χ0n) is 14.1. The smallest absolute Gasteiger partial charge is 0.269 e. The summed E-state index contributed by atoms with van der Waals surface area (Å²) >= 11 is 0. The number of amides is 1. The molecule has 0 heterocycles. The van der Waals surface area contributed by atoms with Crippen molar-refractivity contribution in [1.29, 1.82) is 0 Å². The minimum Gasteiger partial charge on any atom is -0.272 e. The van der Waals surface area contributed by atoms with Gasteiger partial charge in [0.15, 0.2) is 0 Å². The van der Waals surface area contributed by atoms with E-state index in [-0.39, 0.29) is 23.7 Å². The number of hydrogen-bond acceptors (Lipinski definition) is 7. The molecule has 10 nitrogen and oxygen atoms in total. The van der Waals surface area contributed by atoms with Crippen LogP contribution in [0.1, 0.15) is 12.8 Å². The number of nitrogens with zero attached hydrogens (tertiary/aromatic N) is 5. The number of nitro groups is 2. The van der Waals surface area contributed by atoms with Gasteiger partial charge in [-0.3, -0.25) is 25.0 Å². The lowest BCUT2D eigenvalue weighted by Crippen LogP contribution is -2.24. The molecule has 2 aromatic rings. The van der Waals surface area contributed by atoms with Gasteiger partial charge in [0.25, 0.3) is 11.4 Å². The van der Waals surface area contributed by atoms with Crippen molar-refractivity contribution in [2.45, 2.75) is 12.8 Å². The summed E-state index contributed by atoms with van der Waals surface area (Å²) in [5.74, 6) is -0.380. The molecule has 0 radical (unpaired) electrons. The molecular formula is C17H15N5O5. The van der Waals surface area contributed by atoms with Crippen LogP contribution in [0.5, 0.6) is 0 Å². The first kappa shape index (κ1) is 19.4. The third-order valence-corrected chi connectivity index (χ3v) is 3.41. The Hall–Kier alpha value is -3.95. The maximum absolute atomic E-state index is 12.4. The number of carbonyl (C=O) groups excluding carboxylic acids is 1. The van der Waals surface area contributed by atoms with E-state index in [0.717, 1.165) is 5.01 Å². The molecule has 0 fully saturated rings. The zero-order chi connectivity index (χ0) is 19.8. The van der Waals surface area contributed by atoms with Crippen molar-refractivity contribution in [2.75, 3.05) is 5.01 Å². The van der Waals surface area contributed by atoms with Crippen LogP contribution < -0.4 is 5.01 Å². The highest BCUT2D eigenvalue weighted by Crippen LogP contribution is 2.23. The van der Waals surface area contributed by atoms with Crippen molar-refractivity contribution >= 4 is 28.7 Å². The Morgan fingerprint density at radius 1 is 1.00 bits per heavy atom. The van der Waals surface area contributed by atoms with E-state index in [1.54, 1.807) is 6.08 Å². The Kier molecular flexibility index (Phi) is 6.42. The molecule has 0 aliphatic heterocycles. The van der Waals surface area contributed by atoms with Crippen molar-refractivity contribution in [3.05, 3.63) is 81.4 Å². The summed E-state index contributed by atoms with van der Waals surface area (Å²) in [5, 5.41) is 30.3. The molecule has 0 unspecified atom stereocenters. The van der Waals surface area contributed by atoms with Gasteiger partial charge in [-0.1, -0.05) is 11.3 Å². The van der Waals surface area contributed by atoms with Crippen LogP contribution in [0.3, 0.4) is 0 Å². The van der Waals surface area contributed by atoms with E-state index in [1.807, 2.05) is 0 Å². The predicted molar refractivity (Wildman–Crippen MR) is 97.6 cm³/mol. The van der Waals surface area contributed by atoms with Gasteiger partial charge in [0.2, 0.25) is 5.91 Å². The Labute approximate surface area is 153 Å². The highest BCUT2D eigenvalue weighted by molar-refractivity contribution is 5.92. The first-order chi connectivity index (χ1) is 12.9. The minimum absolute atomic E-state index is 0.0942. The summed E-state index contributed by atoms with van der Waals surface area (Å²) in [6.45, 7) is 3.56. The third kappa shape index (κ3) is 5.26. The van der Waals surface area contributed by atoms with Crippen molar-refractivity contribution < 1.29 is 14.6 Å². The molecule has 1 amide bonds. The molecule has 0 aliphatic carbocycles. The normalized spacial score (nSPS) is 10.5. The molecule has 0 bridgehead atoms. The van der Waals surface area contributed by atoms with E-state index < -0.39 is 9.85 Å². The fraction of sp³-hybridized carbons (Fsp3) is 0.118. The lowest BCUT2D eigenvalue weighted by molar-refractivity contribution is -0.385. The van der Waals surface area contributed by atoms with Crippen LogP contribution in [-0.2, 0) is 4.79 Å². The number of carbonyl (C=O) groups is 1. The van der Waals surface area contributed by atoms with Gasteiger partial charge in [-0.25, -0.2) is 0 Å². The van der Waals surface area contributed by atoms with Gasteiger partial charge in [0.05, 0.1) is 21.2 Å². The van der Waals surface area contributed by atoms with Crippen molar-refractivity contribution in [3.63, 3.8) is 0 Å². The van der Waals surface area contributed by atoms with E-state index in [4.69, 9.17) is 0 Å². The predicted octanol–water partition coefficient (Wildman–Crippen LogP) is 4.50. The van der Waals surface area contributed by atoms with Gasteiger partial charge in [-0.2, -0.15) is 5.01 Å². The number of allylic oxidation sites excluding steroid dienone is 1. The number of non-ortho nitro benzene ring substituents is 2. The SMILES string of the molecule is C=CCCC(=O)N(N=Nc1ccc([N+](=O)[O-])cc1)c1ccc([N+](=O)[O-])cc1. The fourth-order valence-corrected chi connectivity index (χ4v) is 2.03. The summed E-state index contributed by atoms with van der Waals surface area (Å²) in [6, 6.07) is 10.6. The maximum Gasteiger partial charge on any atom is 0.269 e. The molecule has 27 heavy (non-hydrogen) atoms. The fourth-order valence-electron chi connectivity index (χ4n) is 2.03. The third-order valence-electron chi connectivity index (χ3n) is 3.41. The standard InChI is InChI=1S/C17H15N5O5/c1-2-3-4-17(23)20(14-9-11-16(12-10-14)22(26)27)19-18-13-5-7-15(8-6-13)21(24)25/h2,5-12H,1,3-4H2. The minimum atomic E-state index is -0.550. The number of benzene rings is 2. The molecule has 0 spiro atoms. The highest BCUT2D eigenvalue weighted by Gasteiger charge is 2.16. The number of nitro benzene ring substituents is 2. The first-order valence-corrected chi connectivity index (χ1v) is 7.77. The van der Waals surface area contributed by atoms with Gasteiger partial charge in [0.1, 0.15) is 0 Å². The molecular weight excluding hydrogens is 354 g/mol. The topological polar surface area (TPSA) is 131 Å². The van der Waals surface area contributed by atoms with E-state index in [0.29, 0.717) is 17.8 Å². The first-order valence-electron chi connectivity index (χ1n) is 7.77. The van der Waals surface area contributed by atoms with Crippen LogP contribution in [0.4, 0.5) is 22.7 Å². The lowest BCUT2D eigenvalue weighted by Gasteiger charge is -2.15. The molecule has 0 saturated carbocycles. The Morgan fingerprint density at radius 2 is 1.52 bits per heavy atom. The van der Waals surface area contributed by atoms with Crippen LogP contribution in [-0.4, -0.2) is 15.8 Å². The zero-order valence-corrected chi connectivity index (χ0v) is 14.1. The van der Waals surface area contributed by atoms with Crippen LogP contribution >= 0.6 is 0 Å². The molecule has 2 aromatic carbocycles. The van der Waals surface area contributed by atoms with Crippen molar-refractivity contribution in [2.24, 2.45) is 10.3 Å². The summed E-state index contributed by atoms with van der Waals surface area (Å²) in [7, 11) is 0. The van der Waals surface area contributed by atoms with E-state index in [9.17, 15) is 25.0 Å². The highest BCUT2D eigenvalue weighted by atomic mass is 16.6. The average Bonchev–Trinajstić information content (AvgIpc) is 2.67. The van der Waals surface area contributed by atoms with Crippen LogP contribution in [0.2, 0.25) is 0 Å². The second-order valence-corrected chi connectivity index (χ2v) is 5.27. The number of rotatable bonds is 8. The average molecular weight is 369 g/mol. The van der Waals surface area contributed by atoms with Gasteiger partial charge in [-0.05, 0) is 30.7 Å². The maximum atomic E-state index is 12.4. The molecule has 2 rings (SSSR count). The summed E-state index contributed by atoms with van der Waals surface area (Å²) < 4.78 is 0. The molecule has 0 atom stereocenters. The molecule has 138 valence electrons. The molecule has 0 saturated heterocycles. The lowest BCUT2D eigenvalue weighted by atomic mass is 10.2. The Balaban J connectivity index is 2.28. The van der Waals surface area contributed by atoms with Crippen molar-refractivity contribution in [3.8, 4) is 0 Å². The van der Waals surface area contributed by atoms with Gasteiger partial charge in [0, 0.05) is 30.7 Å². The second-order valence-electron chi connectivity index (χ2n) is 5.27. The van der Waals surface area contributed by atoms with Gasteiger partial charge < -0.3 is 0 Å². The Morgan fingerprint density at radius 3 is 2.00 bits per heavy atom. The largest absolute Gasteiger partial charge is 0.272 e. The molecule has 0 N–H and O–H groups in total. The second kappa shape index (κ2) is 8.94. The number of anilines is 1.